The van der Waals surface area contributed by atoms with Crippen molar-refractivity contribution in [2.75, 3.05) is 4.90 Å². The van der Waals surface area contributed by atoms with Crippen molar-refractivity contribution in [3.05, 3.63) is 194 Å². The van der Waals surface area contributed by atoms with E-state index in [0.717, 1.165) is 50.3 Å². The molecule has 248 valence electrons. The largest absolute Gasteiger partial charge is 0.456 e. The first-order chi connectivity index (χ1) is 26.3. The zero-order valence-electron chi connectivity index (χ0n) is 28.8. The molecule has 0 amide bonds. The zero-order valence-corrected chi connectivity index (χ0v) is 28.8. The van der Waals surface area contributed by atoms with Gasteiger partial charge in [-0.3, -0.25) is 0 Å². The maximum atomic E-state index is 6.23. The van der Waals surface area contributed by atoms with E-state index in [9.17, 15) is 0 Å². The molecular weight excluding hydrogens is 645 g/mol. The molecular formula is C50H32N2O. The highest BCUT2D eigenvalue weighted by Gasteiger charge is 2.17. The summed E-state index contributed by atoms with van der Waals surface area (Å²) < 4.78 is 8.60. The van der Waals surface area contributed by atoms with Gasteiger partial charge in [0, 0.05) is 44.3 Å². The fourth-order valence-electron chi connectivity index (χ4n) is 8.34. The van der Waals surface area contributed by atoms with Crippen LogP contribution in [0.5, 0.6) is 0 Å². The van der Waals surface area contributed by atoms with Gasteiger partial charge in [0.05, 0.1) is 11.0 Å². The van der Waals surface area contributed by atoms with Crippen molar-refractivity contribution in [2.24, 2.45) is 0 Å². The fourth-order valence-corrected chi connectivity index (χ4v) is 8.34. The fraction of sp³-hybridized carbons (Fsp3) is 0. The van der Waals surface area contributed by atoms with Gasteiger partial charge in [0.15, 0.2) is 0 Å². The Labute approximate surface area is 306 Å². The Hall–Kier alpha value is -7.10. The molecule has 0 fully saturated rings. The van der Waals surface area contributed by atoms with Crippen LogP contribution in [0.2, 0.25) is 0 Å². The lowest BCUT2D eigenvalue weighted by molar-refractivity contribution is 0.669. The summed E-state index contributed by atoms with van der Waals surface area (Å²) in [5, 5.41) is 9.79. The Balaban J connectivity index is 1.06. The van der Waals surface area contributed by atoms with Gasteiger partial charge in [0.2, 0.25) is 0 Å². The van der Waals surface area contributed by atoms with Gasteiger partial charge >= 0.3 is 0 Å². The molecule has 2 heterocycles. The predicted molar refractivity (Wildman–Crippen MR) is 223 cm³/mol. The predicted octanol–water partition coefficient (Wildman–Crippen LogP) is 14.1. The van der Waals surface area contributed by atoms with E-state index < -0.39 is 0 Å². The van der Waals surface area contributed by atoms with Gasteiger partial charge in [-0.05, 0) is 105 Å². The van der Waals surface area contributed by atoms with E-state index in [-0.39, 0.29) is 0 Å². The first kappa shape index (κ1) is 29.6. The van der Waals surface area contributed by atoms with Crippen LogP contribution in [0, 0.1) is 0 Å². The molecule has 0 spiro atoms. The van der Waals surface area contributed by atoms with Crippen LogP contribution in [0.1, 0.15) is 0 Å². The molecule has 11 rings (SSSR count). The van der Waals surface area contributed by atoms with E-state index in [0.29, 0.717) is 0 Å². The standard InChI is InChI=1S/C50H32N2O/c1-2-11-40-33(10-1)20-21-35-32-39(30-31-41(35)40)51(36-24-22-34(23-25-36)42-15-9-19-49-50(42)45-14-5-8-18-48(45)53-49)37-26-28-38(29-27-37)52-46-16-6-3-12-43(46)44-13-4-7-17-47(44)52/h1-32H. The van der Waals surface area contributed by atoms with Crippen molar-refractivity contribution < 1.29 is 4.42 Å². The number of rotatable bonds is 5. The second kappa shape index (κ2) is 11.7. The van der Waals surface area contributed by atoms with E-state index in [1.54, 1.807) is 0 Å². The van der Waals surface area contributed by atoms with Crippen LogP contribution in [0.15, 0.2) is 199 Å². The van der Waals surface area contributed by atoms with Gasteiger partial charge in [0.1, 0.15) is 11.2 Å². The van der Waals surface area contributed by atoms with Crippen LogP contribution in [0.25, 0.3) is 82.1 Å². The van der Waals surface area contributed by atoms with Crippen LogP contribution in [-0.4, -0.2) is 4.57 Å². The van der Waals surface area contributed by atoms with Gasteiger partial charge in [-0.2, -0.15) is 0 Å². The second-order valence-electron chi connectivity index (χ2n) is 13.7. The molecule has 0 radical (unpaired) electrons. The molecule has 0 N–H and O–H groups in total. The van der Waals surface area contributed by atoms with Crippen LogP contribution < -0.4 is 4.90 Å². The second-order valence-corrected chi connectivity index (χ2v) is 13.7. The molecule has 3 heteroatoms. The molecule has 0 saturated heterocycles. The summed E-state index contributed by atoms with van der Waals surface area (Å²) in [6, 6.07) is 69.8. The number of hydrogen-bond acceptors (Lipinski definition) is 2. The van der Waals surface area contributed by atoms with Crippen molar-refractivity contribution in [3.8, 4) is 16.8 Å². The summed E-state index contributed by atoms with van der Waals surface area (Å²) in [6.07, 6.45) is 0. The van der Waals surface area contributed by atoms with E-state index in [4.69, 9.17) is 4.42 Å². The average molecular weight is 677 g/mol. The number of anilines is 3. The van der Waals surface area contributed by atoms with E-state index in [1.165, 1.54) is 48.9 Å². The average Bonchev–Trinajstić information content (AvgIpc) is 3.78. The Kier molecular flexibility index (Phi) is 6.55. The molecule has 3 nitrogen and oxygen atoms in total. The lowest BCUT2D eigenvalue weighted by atomic mass is 9.98. The van der Waals surface area contributed by atoms with Crippen molar-refractivity contribution in [2.45, 2.75) is 0 Å². The maximum Gasteiger partial charge on any atom is 0.136 e. The molecule has 9 aromatic carbocycles. The first-order valence-electron chi connectivity index (χ1n) is 18.1. The molecule has 11 aromatic rings. The summed E-state index contributed by atoms with van der Waals surface area (Å²) in [5.41, 5.74) is 10.9. The number of benzene rings is 9. The third-order valence-electron chi connectivity index (χ3n) is 10.8. The highest BCUT2D eigenvalue weighted by atomic mass is 16.3. The van der Waals surface area contributed by atoms with Gasteiger partial charge < -0.3 is 13.9 Å². The Morgan fingerprint density at radius 2 is 0.943 bits per heavy atom. The number of nitrogens with zero attached hydrogens (tertiary/aromatic N) is 2. The van der Waals surface area contributed by atoms with Gasteiger partial charge in [-0.15, -0.1) is 0 Å². The normalized spacial score (nSPS) is 11.8. The summed E-state index contributed by atoms with van der Waals surface area (Å²) in [6.45, 7) is 0. The Morgan fingerprint density at radius 3 is 1.70 bits per heavy atom. The van der Waals surface area contributed by atoms with E-state index in [1.807, 2.05) is 12.1 Å². The smallest absolute Gasteiger partial charge is 0.136 e. The van der Waals surface area contributed by atoms with Gasteiger partial charge in [-0.25, -0.2) is 0 Å². The summed E-state index contributed by atoms with van der Waals surface area (Å²) >= 11 is 0. The van der Waals surface area contributed by atoms with Crippen molar-refractivity contribution in [1.82, 2.24) is 4.57 Å². The van der Waals surface area contributed by atoms with Crippen LogP contribution >= 0.6 is 0 Å². The topological polar surface area (TPSA) is 21.3 Å². The minimum atomic E-state index is 0.904. The third kappa shape index (κ3) is 4.68. The first-order valence-corrected chi connectivity index (χ1v) is 18.1. The number of fused-ring (bicyclic) bond motifs is 9. The Morgan fingerprint density at radius 1 is 0.377 bits per heavy atom. The van der Waals surface area contributed by atoms with Crippen molar-refractivity contribution in [1.29, 1.82) is 0 Å². The third-order valence-corrected chi connectivity index (χ3v) is 10.8. The number of aromatic nitrogens is 1. The molecule has 53 heavy (non-hydrogen) atoms. The number of hydrogen-bond donors (Lipinski definition) is 0. The molecule has 0 aliphatic heterocycles. The molecule has 0 bridgehead atoms. The minimum absolute atomic E-state index is 0.904. The SMILES string of the molecule is c1ccc2c(c1)ccc1cc(N(c3ccc(-c4cccc5oc6ccccc6c45)cc3)c3ccc(-n4c5ccccc5c5ccccc54)cc3)ccc12. The lowest BCUT2D eigenvalue weighted by Gasteiger charge is -2.26. The van der Waals surface area contributed by atoms with E-state index >= 15 is 0 Å². The number of para-hydroxylation sites is 3. The monoisotopic (exact) mass is 676 g/mol. The van der Waals surface area contributed by atoms with E-state index in [2.05, 4.69) is 191 Å². The summed E-state index contributed by atoms with van der Waals surface area (Å²) in [7, 11) is 0. The van der Waals surface area contributed by atoms with Crippen LogP contribution in [0.4, 0.5) is 17.1 Å². The summed E-state index contributed by atoms with van der Waals surface area (Å²) in [4.78, 5) is 2.36. The highest BCUT2D eigenvalue weighted by Crippen LogP contribution is 2.41. The quantitative estimate of drug-likeness (QED) is 0.169. The molecule has 2 aromatic heterocycles. The van der Waals surface area contributed by atoms with Crippen molar-refractivity contribution in [3.63, 3.8) is 0 Å². The molecule has 0 aliphatic rings. The van der Waals surface area contributed by atoms with Crippen molar-refractivity contribution >= 4 is 82.4 Å². The zero-order chi connectivity index (χ0) is 34.9. The minimum Gasteiger partial charge on any atom is -0.456 e. The molecule has 0 unspecified atom stereocenters. The highest BCUT2D eigenvalue weighted by molar-refractivity contribution is 6.13. The Bertz CT molecular complexity index is 3110. The molecule has 0 saturated carbocycles. The summed E-state index contributed by atoms with van der Waals surface area (Å²) in [5.74, 6) is 0. The molecule has 0 atom stereocenters. The lowest BCUT2D eigenvalue weighted by Crippen LogP contribution is -2.10. The van der Waals surface area contributed by atoms with Gasteiger partial charge in [0.25, 0.3) is 0 Å². The van der Waals surface area contributed by atoms with Crippen LogP contribution in [-0.2, 0) is 0 Å². The van der Waals surface area contributed by atoms with Gasteiger partial charge in [-0.1, -0.05) is 121 Å². The number of furan rings is 1. The maximum absolute atomic E-state index is 6.23. The van der Waals surface area contributed by atoms with Crippen LogP contribution in [0.3, 0.4) is 0 Å². The molecule has 0 aliphatic carbocycles.